The number of nitrogens with zero attached hydrogens (tertiary/aromatic N) is 6. The summed E-state index contributed by atoms with van der Waals surface area (Å²) in [5, 5.41) is 5.37. The average molecular weight is 415 g/mol. The molecule has 0 aliphatic carbocycles. The lowest BCUT2D eigenvalue weighted by Crippen LogP contribution is -2.45. The topological polar surface area (TPSA) is 42.1 Å². The van der Waals surface area contributed by atoms with Crippen molar-refractivity contribution in [2.24, 2.45) is 0 Å². The first-order chi connectivity index (χ1) is 13.6. The minimum absolute atomic E-state index is 0.490. The Morgan fingerprint density at radius 2 is 1.79 bits per heavy atom. The van der Waals surface area contributed by atoms with Crippen LogP contribution in [-0.4, -0.2) is 62.4 Å². The fraction of sp³-hybridized carbons (Fsp3) is 0.350. The lowest BCUT2D eigenvalue weighted by Gasteiger charge is -2.31. The van der Waals surface area contributed by atoms with E-state index in [2.05, 4.69) is 38.5 Å². The predicted molar refractivity (Wildman–Crippen MR) is 114 cm³/mol. The molecule has 0 radical (unpaired) electrons. The molecule has 146 valence electrons. The Labute approximate surface area is 175 Å². The number of hydrogen-bond acceptors (Lipinski definition) is 5. The van der Waals surface area contributed by atoms with Gasteiger partial charge in [0.05, 0.1) is 6.67 Å². The van der Waals surface area contributed by atoms with Gasteiger partial charge < -0.3 is 4.90 Å². The average Bonchev–Trinajstić information content (AvgIpc) is 3.01. The minimum Gasteiger partial charge on any atom is -0.304 e. The molecule has 0 unspecified atom stereocenters. The lowest BCUT2D eigenvalue weighted by atomic mass is 10.2. The van der Waals surface area contributed by atoms with Gasteiger partial charge in [-0.3, -0.25) is 9.47 Å². The monoisotopic (exact) mass is 414 g/mol. The van der Waals surface area contributed by atoms with E-state index >= 15 is 0 Å². The van der Waals surface area contributed by atoms with Crippen molar-refractivity contribution in [3.8, 4) is 5.69 Å². The molecule has 0 spiro atoms. The van der Waals surface area contributed by atoms with Gasteiger partial charge in [0.2, 0.25) is 4.77 Å². The number of likely N-dealkylation sites (N-methyl/N-ethyl adjacent to an activating group) is 1. The van der Waals surface area contributed by atoms with E-state index in [9.17, 15) is 0 Å². The van der Waals surface area contributed by atoms with E-state index in [1.807, 2.05) is 28.9 Å². The van der Waals surface area contributed by atoms with Crippen LogP contribution in [0.3, 0.4) is 0 Å². The van der Waals surface area contributed by atoms with Crippen molar-refractivity contribution >= 4 is 23.8 Å². The summed E-state index contributed by atoms with van der Waals surface area (Å²) >= 11 is 11.7. The van der Waals surface area contributed by atoms with Gasteiger partial charge in [-0.2, -0.15) is 5.10 Å². The van der Waals surface area contributed by atoms with Crippen LogP contribution in [0.2, 0.25) is 5.15 Å². The normalized spacial score (nSPS) is 15.8. The van der Waals surface area contributed by atoms with Gasteiger partial charge in [-0.15, -0.1) is 0 Å². The maximum Gasteiger partial charge on any atom is 0.203 e. The van der Waals surface area contributed by atoms with E-state index in [1.165, 1.54) is 0 Å². The van der Waals surface area contributed by atoms with Gasteiger partial charge in [0.25, 0.3) is 0 Å². The third kappa shape index (κ3) is 4.33. The zero-order valence-electron chi connectivity index (χ0n) is 15.8. The number of aromatic nitrogens is 4. The Morgan fingerprint density at radius 3 is 2.46 bits per heavy atom. The number of halogens is 1. The van der Waals surface area contributed by atoms with Crippen molar-refractivity contribution in [1.82, 2.24) is 29.1 Å². The van der Waals surface area contributed by atoms with Gasteiger partial charge in [-0.25, -0.2) is 9.67 Å². The highest BCUT2D eigenvalue weighted by Crippen LogP contribution is 2.17. The Balaban J connectivity index is 1.67. The highest BCUT2D eigenvalue weighted by molar-refractivity contribution is 7.71. The van der Waals surface area contributed by atoms with E-state index < -0.39 is 0 Å². The standard InChI is InChI=1S/C20H23ClN6S/c1-24-9-11-25(12-10-24)15-26-20(28)27(17-5-3-2-4-6-17)19(23-26)13-16-7-8-18(21)22-14-16/h2-8,14H,9-13,15H2,1H3. The molecule has 2 aromatic heterocycles. The predicted octanol–water partition coefficient (Wildman–Crippen LogP) is 3.25. The fourth-order valence-corrected chi connectivity index (χ4v) is 3.79. The highest BCUT2D eigenvalue weighted by Gasteiger charge is 2.18. The van der Waals surface area contributed by atoms with Crippen LogP contribution in [0.5, 0.6) is 0 Å². The van der Waals surface area contributed by atoms with Crippen molar-refractivity contribution in [1.29, 1.82) is 0 Å². The van der Waals surface area contributed by atoms with E-state index in [0.29, 0.717) is 23.0 Å². The molecule has 28 heavy (non-hydrogen) atoms. The Morgan fingerprint density at radius 1 is 1.04 bits per heavy atom. The number of benzene rings is 1. The minimum atomic E-state index is 0.490. The first kappa shape index (κ1) is 19.3. The molecule has 1 aliphatic heterocycles. The Bertz CT molecular complexity index is 974. The van der Waals surface area contributed by atoms with Crippen LogP contribution in [0.1, 0.15) is 11.4 Å². The Kier molecular flexibility index (Phi) is 5.87. The lowest BCUT2D eigenvalue weighted by molar-refractivity contribution is 0.118. The maximum atomic E-state index is 5.93. The van der Waals surface area contributed by atoms with Crippen molar-refractivity contribution in [2.45, 2.75) is 13.1 Å². The van der Waals surface area contributed by atoms with Crippen LogP contribution in [0.25, 0.3) is 5.69 Å². The van der Waals surface area contributed by atoms with Crippen LogP contribution >= 0.6 is 23.8 Å². The quantitative estimate of drug-likeness (QED) is 0.473. The van der Waals surface area contributed by atoms with Crippen LogP contribution in [0.15, 0.2) is 48.7 Å². The van der Waals surface area contributed by atoms with Crippen molar-refractivity contribution in [2.75, 3.05) is 33.2 Å². The molecule has 1 fully saturated rings. The molecule has 0 bridgehead atoms. The molecule has 0 saturated carbocycles. The highest BCUT2D eigenvalue weighted by atomic mass is 35.5. The first-order valence-corrected chi connectivity index (χ1v) is 10.1. The zero-order valence-corrected chi connectivity index (χ0v) is 17.4. The second-order valence-corrected chi connectivity index (χ2v) is 7.85. The molecule has 0 amide bonds. The van der Waals surface area contributed by atoms with Crippen molar-refractivity contribution in [3.63, 3.8) is 0 Å². The van der Waals surface area contributed by atoms with E-state index in [1.54, 1.807) is 12.3 Å². The number of piperazine rings is 1. The molecule has 4 rings (SSSR count). The van der Waals surface area contributed by atoms with Crippen LogP contribution in [-0.2, 0) is 13.1 Å². The first-order valence-electron chi connectivity index (χ1n) is 9.35. The summed E-state index contributed by atoms with van der Waals surface area (Å²) < 4.78 is 4.70. The third-order valence-corrected chi connectivity index (χ3v) is 5.62. The summed E-state index contributed by atoms with van der Waals surface area (Å²) in [6.07, 6.45) is 2.43. The molecule has 3 heterocycles. The van der Waals surface area contributed by atoms with Crippen LogP contribution in [0, 0.1) is 4.77 Å². The van der Waals surface area contributed by atoms with Crippen molar-refractivity contribution < 1.29 is 0 Å². The fourth-order valence-electron chi connectivity index (χ4n) is 3.37. The molecular weight excluding hydrogens is 392 g/mol. The van der Waals surface area contributed by atoms with Gasteiger partial charge >= 0.3 is 0 Å². The smallest absolute Gasteiger partial charge is 0.203 e. The summed E-state index contributed by atoms with van der Waals surface area (Å²) in [4.78, 5) is 8.93. The molecule has 1 saturated heterocycles. The van der Waals surface area contributed by atoms with Crippen molar-refractivity contribution in [3.05, 3.63) is 70.0 Å². The van der Waals surface area contributed by atoms with Gasteiger partial charge in [0.15, 0.2) is 0 Å². The molecule has 1 aliphatic rings. The van der Waals surface area contributed by atoms with Crippen LogP contribution < -0.4 is 0 Å². The summed E-state index contributed by atoms with van der Waals surface area (Å²) in [5.41, 5.74) is 2.07. The van der Waals surface area contributed by atoms with Gasteiger partial charge in [-0.05, 0) is 43.0 Å². The SMILES string of the molecule is CN1CCN(Cn2nc(Cc3ccc(Cl)nc3)n(-c3ccccc3)c2=S)CC1. The molecule has 3 aromatic rings. The third-order valence-electron chi connectivity index (χ3n) is 5.00. The molecule has 0 N–H and O–H groups in total. The second-order valence-electron chi connectivity index (χ2n) is 7.10. The number of rotatable bonds is 5. The Hall–Kier alpha value is -2.06. The van der Waals surface area contributed by atoms with Gasteiger partial charge in [-0.1, -0.05) is 35.9 Å². The summed E-state index contributed by atoms with van der Waals surface area (Å²) in [5.74, 6) is 0.898. The molecule has 1 aromatic carbocycles. The van der Waals surface area contributed by atoms with E-state index in [0.717, 1.165) is 43.3 Å². The number of hydrogen-bond donors (Lipinski definition) is 0. The summed E-state index contributed by atoms with van der Waals surface area (Å²) in [7, 11) is 2.16. The second kappa shape index (κ2) is 8.53. The summed E-state index contributed by atoms with van der Waals surface area (Å²) in [6, 6.07) is 13.9. The van der Waals surface area contributed by atoms with Gasteiger partial charge in [0, 0.05) is 44.5 Å². The molecule has 0 atom stereocenters. The van der Waals surface area contributed by atoms with Crippen LogP contribution in [0.4, 0.5) is 0 Å². The molecular formula is C20H23ClN6S. The van der Waals surface area contributed by atoms with E-state index in [4.69, 9.17) is 28.9 Å². The number of pyridine rings is 1. The number of para-hydroxylation sites is 1. The summed E-state index contributed by atoms with van der Waals surface area (Å²) in [6.45, 7) is 4.88. The molecule has 8 heteroatoms. The largest absolute Gasteiger partial charge is 0.304 e. The maximum absolute atomic E-state index is 5.93. The zero-order chi connectivity index (χ0) is 19.5. The van der Waals surface area contributed by atoms with E-state index in [-0.39, 0.29) is 0 Å². The van der Waals surface area contributed by atoms with Gasteiger partial charge in [0.1, 0.15) is 11.0 Å². The molecule has 6 nitrogen and oxygen atoms in total.